The lowest BCUT2D eigenvalue weighted by Gasteiger charge is -2.05. The number of aryl methyl sites for hydroxylation is 1. The second kappa shape index (κ2) is 3.67. The van der Waals surface area contributed by atoms with Crippen molar-refractivity contribution in [2.24, 2.45) is 0 Å². The smallest absolute Gasteiger partial charge is 0.000545 e. The average molecular weight is 180 g/mol. The Hall–Kier alpha value is -1.56. The molecular weight excluding hydrogens is 168 g/mol. The van der Waals surface area contributed by atoms with Crippen molar-refractivity contribution in [3.63, 3.8) is 0 Å². The number of hydrogen-bond donors (Lipinski definition) is 0. The van der Waals surface area contributed by atoms with E-state index in [1.165, 1.54) is 11.1 Å². The van der Waals surface area contributed by atoms with Gasteiger partial charge in [-0.1, -0.05) is 54.1 Å². The monoisotopic (exact) mass is 180 g/mol. The second-order valence-corrected chi connectivity index (χ2v) is 3.45. The SMILES string of the molecule is [CH]c1ccccc1-c1ccc(C)cc1. The molecule has 0 amide bonds. The zero-order valence-electron chi connectivity index (χ0n) is 8.20. The van der Waals surface area contributed by atoms with E-state index in [2.05, 4.69) is 31.2 Å². The van der Waals surface area contributed by atoms with Crippen LogP contribution in [0.25, 0.3) is 11.1 Å². The molecule has 68 valence electrons. The summed E-state index contributed by atoms with van der Waals surface area (Å²) in [5, 5.41) is 0. The van der Waals surface area contributed by atoms with Gasteiger partial charge in [0.15, 0.2) is 0 Å². The summed E-state index contributed by atoms with van der Waals surface area (Å²) in [6, 6.07) is 16.3. The van der Waals surface area contributed by atoms with Crippen LogP contribution in [-0.2, 0) is 0 Å². The van der Waals surface area contributed by atoms with E-state index in [1.807, 2.05) is 24.3 Å². The first-order valence-electron chi connectivity index (χ1n) is 4.69. The molecule has 0 fully saturated rings. The molecule has 0 bridgehead atoms. The molecule has 0 N–H and O–H groups in total. The van der Waals surface area contributed by atoms with Gasteiger partial charge >= 0.3 is 0 Å². The van der Waals surface area contributed by atoms with E-state index in [9.17, 15) is 0 Å². The van der Waals surface area contributed by atoms with E-state index < -0.39 is 0 Å². The maximum absolute atomic E-state index is 5.89. The first-order chi connectivity index (χ1) is 6.77. The van der Waals surface area contributed by atoms with Crippen LogP contribution in [0.1, 0.15) is 11.1 Å². The summed E-state index contributed by atoms with van der Waals surface area (Å²) in [5.41, 5.74) is 4.38. The largest absolute Gasteiger partial charge is 0.0619 e. The van der Waals surface area contributed by atoms with Crippen LogP contribution in [-0.4, -0.2) is 0 Å². The van der Waals surface area contributed by atoms with Crippen LogP contribution in [0.3, 0.4) is 0 Å². The van der Waals surface area contributed by atoms with Crippen molar-refractivity contribution in [1.29, 1.82) is 0 Å². The Bertz CT molecular complexity index is 424. The molecule has 2 rings (SSSR count). The molecule has 0 atom stereocenters. The maximum Gasteiger partial charge on any atom is -0.000545 e. The summed E-state index contributed by atoms with van der Waals surface area (Å²) in [6.07, 6.45) is 0. The summed E-state index contributed by atoms with van der Waals surface area (Å²) in [5.74, 6) is 0. The highest BCUT2D eigenvalue weighted by atomic mass is 14.0. The fourth-order valence-electron chi connectivity index (χ4n) is 1.49. The fourth-order valence-corrected chi connectivity index (χ4v) is 1.49. The van der Waals surface area contributed by atoms with E-state index in [4.69, 9.17) is 6.92 Å². The van der Waals surface area contributed by atoms with Gasteiger partial charge in [0.1, 0.15) is 0 Å². The summed E-state index contributed by atoms with van der Waals surface area (Å²) in [7, 11) is 0. The van der Waals surface area contributed by atoms with Gasteiger partial charge in [0.25, 0.3) is 0 Å². The zero-order chi connectivity index (χ0) is 9.97. The number of rotatable bonds is 1. The highest BCUT2D eigenvalue weighted by Crippen LogP contribution is 2.22. The van der Waals surface area contributed by atoms with Crippen LogP contribution < -0.4 is 0 Å². The molecule has 0 unspecified atom stereocenters. The maximum atomic E-state index is 5.89. The van der Waals surface area contributed by atoms with Crippen molar-refractivity contribution in [3.05, 3.63) is 66.6 Å². The summed E-state index contributed by atoms with van der Waals surface area (Å²) >= 11 is 0. The Labute approximate surface area is 85.2 Å². The molecule has 14 heavy (non-hydrogen) atoms. The van der Waals surface area contributed by atoms with Gasteiger partial charge in [-0.05, 0) is 30.5 Å². The third-order valence-electron chi connectivity index (χ3n) is 2.32. The van der Waals surface area contributed by atoms with Gasteiger partial charge in [-0.3, -0.25) is 0 Å². The Morgan fingerprint density at radius 3 is 2.14 bits per heavy atom. The van der Waals surface area contributed by atoms with Gasteiger partial charge in [-0.2, -0.15) is 0 Å². The molecule has 0 aliphatic carbocycles. The van der Waals surface area contributed by atoms with E-state index in [-0.39, 0.29) is 0 Å². The molecular formula is C14H12. The molecule has 0 spiro atoms. The lowest BCUT2D eigenvalue weighted by Crippen LogP contribution is -1.82. The van der Waals surface area contributed by atoms with E-state index in [1.54, 1.807) is 0 Å². The molecule has 0 heterocycles. The minimum Gasteiger partial charge on any atom is -0.0619 e. The molecule has 0 heteroatoms. The van der Waals surface area contributed by atoms with Gasteiger partial charge in [-0.25, -0.2) is 0 Å². The molecule has 0 aliphatic rings. The zero-order valence-corrected chi connectivity index (χ0v) is 8.20. The second-order valence-electron chi connectivity index (χ2n) is 3.45. The van der Waals surface area contributed by atoms with Crippen molar-refractivity contribution in [2.45, 2.75) is 6.92 Å². The Morgan fingerprint density at radius 2 is 1.50 bits per heavy atom. The van der Waals surface area contributed by atoms with Gasteiger partial charge < -0.3 is 0 Å². The molecule has 0 aliphatic heterocycles. The topological polar surface area (TPSA) is 0 Å². The normalized spacial score (nSPS) is 10.1. The minimum atomic E-state index is 0.830. The predicted molar refractivity (Wildman–Crippen MR) is 60.0 cm³/mol. The molecule has 0 saturated heterocycles. The Balaban J connectivity index is 2.50. The van der Waals surface area contributed by atoms with Crippen molar-refractivity contribution < 1.29 is 0 Å². The Morgan fingerprint density at radius 1 is 0.857 bits per heavy atom. The van der Waals surface area contributed by atoms with E-state index >= 15 is 0 Å². The molecule has 2 radical (unpaired) electrons. The molecule has 0 nitrogen and oxygen atoms in total. The number of hydrogen-bond acceptors (Lipinski definition) is 0. The van der Waals surface area contributed by atoms with Crippen molar-refractivity contribution in [3.8, 4) is 11.1 Å². The van der Waals surface area contributed by atoms with Crippen LogP contribution >= 0.6 is 0 Å². The Kier molecular flexibility index (Phi) is 2.36. The van der Waals surface area contributed by atoms with Crippen molar-refractivity contribution in [2.75, 3.05) is 0 Å². The van der Waals surface area contributed by atoms with Gasteiger partial charge in [0.2, 0.25) is 0 Å². The van der Waals surface area contributed by atoms with E-state index in [0.29, 0.717) is 0 Å². The molecule has 2 aromatic carbocycles. The predicted octanol–water partition coefficient (Wildman–Crippen LogP) is 3.72. The molecule has 0 aromatic heterocycles. The third-order valence-corrected chi connectivity index (χ3v) is 2.32. The van der Waals surface area contributed by atoms with Crippen LogP contribution in [0.4, 0.5) is 0 Å². The first kappa shape index (κ1) is 9.01. The minimum absolute atomic E-state index is 0.830. The van der Waals surface area contributed by atoms with Crippen molar-refractivity contribution in [1.82, 2.24) is 0 Å². The van der Waals surface area contributed by atoms with Crippen LogP contribution in [0.15, 0.2) is 48.5 Å². The summed E-state index contributed by atoms with van der Waals surface area (Å²) in [6.45, 7) is 7.97. The summed E-state index contributed by atoms with van der Waals surface area (Å²) in [4.78, 5) is 0. The average Bonchev–Trinajstić information content (AvgIpc) is 2.20. The lowest BCUT2D eigenvalue weighted by molar-refractivity contribution is 1.46. The highest BCUT2D eigenvalue weighted by molar-refractivity contribution is 5.68. The van der Waals surface area contributed by atoms with Crippen LogP contribution in [0.2, 0.25) is 0 Å². The lowest BCUT2D eigenvalue weighted by atomic mass is 10.00. The van der Waals surface area contributed by atoms with Gasteiger partial charge in [0, 0.05) is 0 Å². The van der Waals surface area contributed by atoms with Gasteiger partial charge in [0.05, 0.1) is 0 Å². The van der Waals surface area contributed by atoms with Crippen LogP contribution in [0, 0.1) is 13.8 Å². The number of benzene rings is 2. The van der Waals surface area contributed by atoms with Crippen molar-refractivity contribution >= 4 is 0 Å². The standard InChI is InChI=1S/C14H12/c1-11-7-9-13(10-8-11)14-6-4-3-5-12(14)2/h2-10H,1H3. The quantitative estimate of drug-likeness (QED) is 0.627. The van der Waals surface area contributed by atoms with Gasteiger partial charge in [-0.15, -0.1) is 0 Å². The first-order valence-corrected chi connectivity index (χ1v) is 4.69. The van der Waals surface area contributed by atoms with Crippen LogP contribution in [0.5, 0.6) is 0 Å². The third kappa shape index (κ3) is 1.69. The molecule has 2 aromatic rings. The molecule has 0 saturated carbocycles. The highest BCUT2D eigenvalue weighted by Gasteiger charge is 1.99. The summed E-state index contributed by atoms with van der Waals surface area (Å²) < 4.78 is 0. The fraction of sp³-hybridized carbons (Fsp3) is 0.0714. The van der Waals surface area contributed by atoms with E-state index in [0.717, 1.165) is 11.1 Å².